The minimum absolute atomic E-state index is 0.0488. The van der Waals surface area contributed by atoms with E-state index in [0.717, 1.165) is 25.1 Å². The van der Waals surface area contributed by atoms with Gasteiger partial charge >= 0.3 is 0 Å². The summed E-state index contributed by atoms with van der Waals surface area (Å²) < 4.78 is 0. The van der Waals surface area contributed by atoms with E-state index in [9.17, 15) is 14.4 Å². The summed E-state index contributed by atoms with van der Waals surface area (Å²) in [5, 5.41) is 2.34. The Kier molecular flexibility index (Phi) is 4.37. The van der Waals surface area contributed by atoms with Gasteiger partial charge in [0.05, 0.1) is 0 Å². The van der Waals surface area contributed by atoms with Gasteiger partial charge < -0.3 is 9.71 Å². The number of nitrogens with one attached hydrogen (secondary N) is 1. The lowest BCUT2D eigenvalue weighted by atomic mass is 9.69. The summed E-state index contributed by atoms with van der Waals surface area (Å²) >= 11 is 0. The minimum atomic E-state index is -0.567. The number of fused-ring (bicyclic) bond motifs is 1. The third kappa shape index (κ3) is 3.18. The van der Waals surface area contributed by atoms with Crippen molar-refractivity contribution >= 4 is 25.7 Å². The fourth-order valence-electron chi connectivity index (χ4n) is 4.83. The van der Waals surface area contributed by atoms with E-state index in [1.807, 2.05) is 16.9 Å². The van der Waals surface area contributed by atoms with Crippen molar-refractivity contribution in [3.8, 4) is 0 Å². The average Bonchev–Trinajstić information content (AvgIpc) is 2.90. The summed E-state index contributed by atoms with van der Waals surface area (Å²) in [6.45, 7) is 6.56. The molecule has 7 heteroatoms. The molecule has 3 aliphatic heterocycles. The Morgan fingerprint density at radius 3 is 2.67 bits per heavy atom. The number of carbonyl (C=O) groups is 3. The fourth-order valence-corrected chi connectivity index (χ4v) is 4.83. The van der Waals surface area contributed by atoms with Gasteiger partial charge in [-0.1, -0.05) is 26.0 Å². The molecule has 2 saturated heterocycles. The highest BCUT2D eigenvalue weighted by Gasteiger charge is 2.40. The Bertz CT molecular complexity index is 823. The Labute approximate surface area is 160 Å². The molecule has 1 aromatic carbocycles. The Morgan fingerprint density at radius 1 is 1.19 bits per heavy atom. The topological polar surface area (TPSA) is 69.7 Å². The normalized spacial score (nSPS) is 28.2. The Morgan fingerprint density at radius 2 is 1.96 bits per heavy atom. The maximum Gasteiger partial charge on any atom is 0.255 e. The van der Waals surface area contributed by atoms with Gasteiger partial charge in [0.25, 0.3) is 5.91 Å². The van der Waals surface area contributed by atoms with Crippen molar-refractivity contribution in [3.63, 3.8) is 0 Å². The van der Waals surface area contributed by atoms with Crippen molar-refractivity contribution in [1.82, 2.24) is 15.0 Å². The molecule has 2 unspecified atom stereocenters. The van der Waals surface area contributed by atoms with E-state index in [1.54, 1.807) is 4.90 Å². The van der Waals surface area contributed by atoms with Crippen molar-refractivity contribution in [3.05, 3.63) is 34.9 Å². The van der Waals surface area contributed by atoms with Crippen molar-refractivity contribution in [2.45, 2.75) is 51.6 Å². The molecule has 6 nitrogen and oxygen atoms in total. The second-order valence-electron chi connectivity index (χ2n) is 8.62. The largest absolute Gasteiger partial charge is 0.353 e. The first-order chi connectivity index (χ1) is 12.8. The molecule has 140 valence electrons. The van der Waals surface area contributed by atoms with Crippen LogP contribution in [-0.4, -0.2) is 54.5 Å². The predicted octanol–water partition coefficient (Wildman–Crippen LogP) is 1.35. The van der Waals surface area contributed by atoms with E-state index in [-0.39, 0.29) is 29.6 Å². The highest BCUT2D eigenvalue weighted by molar-refractivity contribution is 6.05. The zero-order chi connectivity index (χ0) is 19.3. The molecular weight excluding hydrogens is 341 g/mol. The standard InChI is InChI=1S/C20H24BN3O3/c1-20(2)11-23(21)8-7-15(20)12-3-4-14-13(9-12)10-24(19(14)27)16-5-6-17(25)22-18(16)26/h3-4,9,15-16H,5-8,10-11H2,1-2H3,(H,22,25,26). The van der Waals surface area contributed by atoms with E-state index in [0.29, 0.717) is 24.4 Å². The lowest BCUT2D eigenvalue weighted by molar-refractivity contribution is -0.136. The number of benzene rings is 1. The molecule has 3 heterocycles. The molecule has 3 amide bonds. The lowest BCUT2D eigenvalue weighted by Crippen LogP contribution is -2.52. The first-order valence-corrected chi connectivity index (χ1v) is 9.53. The zero-order valence-electron chi connectivity index (χ0n) is 15.8. The van der Waals surface area contributed by atoms with Gasteiger partial charge in [0.15, 0.2) is 7.98 Å². The lowest BCUT2D eigenvalue weighted by Gasteiger charge is -2.44. The van der Waals surface area contributed by atoms with Crippen molar-refractivity contribution in [2.24, 2.45) is 5.41 Å². The second-order valence-corrected chi connectivity index (χ2v) is 8.62. The van der Waals surface area contributed by atoms with Crippen LogP contribution in [-0.2, 0) is 16.1 Å². The van der Waals surface area contributed by atoms with Gasteiger partial charge in [-0.25, -0.2) is 0 Å². The molecule has 4 rings (SSSR count). The molecule has 0 saturated carbocycles. The molecule has 0 spiro atoms. The maximum absolute atomic E-state index is 12.8. The highest BCUT2D eigenvalue weighted by Crippen LogP contribution is 2.42. The van der Waals surface area contributed by atoms with E-state index in [2.05, 4.69) is 25.2 Å². The Balaban J connectivity index is 1.58. The third-order valence-corrected chi connectivity index (χ3v) is 6.21. The summed E-state index contributed by atoms with van der Waals surface area (Å²) in [5.74, 6) is -0.385. The molecule has 27 heavy (non-hydrogen) atoms. The van der Waals surface area contributed by atoms with Crippen molar-refractivity contribution < 1.29 is 14.4 Å². The number of piperidine rings is 2. The van der Waals surface area contributed by atoms with E-state index in [4.69, 9.17) is 7.98 Å². The molecule has 0 aromatic heterocycles. The molecule has 0 bridgehead atoms. The predicted molar refractivity (Wildman–Crippen MR) is 101 cm³/mol. The molecule has 3 aliphatic rings. The third-order valence-electron chi connectivity index (χ3n) is 6.21. The number of nitrogens with zero attached hydrogens (tertiary/aromatic N) is 2. The van der Waals surface area contributed by atoms with Gasteiger partial charge in [-0.05, 0) is 54.5 Å². The number of rotatable bonds is 2. The van der Waals surface area contributed by atoms with Gasteiger partial charge in [0.2, 0.25) is 11.8 Å². The molecule has 1 aromatic rings. The van der Waals surface area contributed by atoms with Crippen LogP contribution in [0.3, 0.4) is 0 Å². The summed E-state index contributed by atoms with van der Waals surface area (Å²) in [7, 11) is 6.00. The molecule has 2 radical (unpaired) electrons. The molecule has 2 fully saturated rings. The summed E-state index contributed by atoms with van der Waals surface area (Å²) in [4.78, 5) is 39.9. The van der Waals surface area contributed by atoms with Gasteiger partial charge in [-0.15, -0.1) is 0 Å². The molecule has 0 aliphatic carbocycles. The summed E-state index contributed by atoms with van der Waals surface area (Å²) in [6, 6.07) is 5.49. The van der Waals surface area contributed by atoms with Gasteiger partial charge in [-0.2, -0.15) is 0 Å². The van der Waals surface area contributed by atoms with Crippen LogP contribution in [0.1, 0.15) is 60.5 Å². The first kappa shape index (κ1) is 18.2. The molecular formula is C20H24BN3O3. The monoisotopic (exact) mass is 365 g/mol. The van der Waals surface area contributed by atoms with Crippen LogP contribution in [0.25, 0.3) is 0 Å². The SMILES string of the molecule is [B]N1CCC(c2ccc3c(c2)CN(C2CCC(=O)NC2=O)C3=O)C(C)(C)C1. The van der Waals surface area contributed by atoms with Crippen LogP contribution in [0.15, 0.2) is 18.2 Å². The Hall–Kier alpha value is -2.15. The average molecular weight is 365 g/mol. The van der Waals surface area contributed by atoms with Crippen LogP contribution < -0.4 is 5.32 Å². The number of amides is 3. The fraction of sp³-hybridized carbons (Fsp3) is 0.550. The van der Waals surface area contributed by atoms with E-state index in [1.165, 1.54) is 5.56 Å². The van der Waals surface area contributed by atoms with E-state index >= 15 is 0 Å². The maximum atomic E-state index is 12.8. The minimum Gasteiger partial charge on any atom is -0.353 e. The summed E-state index contributed by atoms with van der Waals surface area (Å²) in [5.41, 5.74) is 2.91. The van der Waals surface area contributed by atoms with Crippen LogP contribution in [0.2, 0.25) is 0 Å². The number of imide groups is 1. The van der Waals surface area contributed by atoms with Gasteiger partial charge in [0, 0.05) is 18.5 Å². The molecule has 2 atom stereocenters. The van der Waals surface area contributed by atoms with Crippen molar-refractivity contribution in [1.29, 1.82) is 0 Å². The quantitative estimate of drug-likeness (QED) is 0.635. The number of hydrogen-bond donors (Lipinski definition) is 1. The molecule has 1 N–H and O–H groups in total. The van der Waals surface area contributed by atoms with Crippen LogP contribution in [0, 0.1) is 5.41 Å². The van der Waals surface area contributed by atoms with E-state index < -0.39 is 6.04 Å². The highest BCUT2D eigenvalue weighted by atomic mass is 16.2. The zero-order valence-corrected chi connectivity index (χ0v) is 15.8. The first-order valence-electron chi connectivity index (χ1n) is 9.53. The number of carbonyl (C=O) groups excluding carboxylic acids is 3. The smallest absolute Gasteiger partial charge is 0.255 e. The van der Waals surface area contributed by atoms with Gasteiger partial charge in [-0.3, -0.25) is 19.7 Å². The second kappa shape index (κ2) is 6.48. The number of hydrogen-bond acceptors (Lipinski definition) is 4. The van der Waals surface area contributed by atoms with Crippen LogP contribution >= 0.6 is 0 Å². The van der Waals surface area contributed by atoms with Crippen LogP contribution in [0.5, 0.6) is 0 Å². The van der Waals surface area contributed by atoms with Crippen LogP contribution in [0.4, 0.5) is 0 Å². The van der Waals surface area contributed by atoms with Crippen molar-refractivity contribution in [2.75, 3.05) is 13.1 Å². The van der Waals surface area contributed by atoms with Gasteiger partial charge in [0.1, 0.15) is 6.04 Å². The summed E-state index contributed by atoms with van der Waals surface area (Å²) in [6.07, 6.45) is 1.64.